The summed E-state index contributed by atoms with van der Waals surface area (Å²) in [5.41, 5.74) is -0.0643. The molecule has 0 radical (unpaired) electrons. The third-order valence-corrected chi connectivity index (χ3v) is 6.12. The van der Waals surface area contributed by atoms with E-state index in [0.29, 0.717) is 17.2 Å². The highest BCUT2D eigenvalue weighted by molar-refractivity contribution is 5.97. The molecule has 2 aromatic heterocycles. The summed E-state index contributed by atoms with van der Waals surface area (Å²) < 4.78 is 9.40. The predicted molar refractivity (Wildman–Crippen MR) is 132 cm³/mol. The van der Waals surface area contributed by atoms with E-state index in [0.717, 1.165) is 4.57 Å². The zero-order valence-corrected chi connectivity index (χ0v) is 19.7. The second-order valence-corrected chi connectivity index (χ2v) is 8.64. The molecular weight excluding hydrogens is 464 g/mol. The molecule has 184 valence electrons. The number of anilines is 1. The average Bonchev–Trinajstić information content (AvgIpc) is 3.43. The Morgan fingerprint density at radius 1 is 1.03 bits per heavy atom. The van der Waals surface area contributed by atoms with Crippen molar-refractivity contribution >= 4 is 28.7 Å². The van der Waals surface area contributed by atoms with Gasteiger partial charge in [0.25, 0.3) is 5.56 Å². The van der Waals surface area contributed by atoms with Gasteiger partial charge in [0, 0.05) is 32.7 Å². The van der Waals surface area contributed by atoms with Crippen molar-refractivity contribution < 1.29 is 14.3 Å². The van der Waals surface area contributed by atoms with Gasteiger partial charge in [-0.25, -0.2) is 14.3 Å². The van der Waals surface area contributed by atoms with E-state index in [2.05, 4.69) is 10.3 Å². The fraction of sp³-hybridized carbons (Fsp3) is 0.240. The molecule has 1 aliphatic heterocycles. The summed E-state index contributed by atoms with van der Waals surface area (Å²) in [5, 5.41) is 2.78. The largest absolute Gasteiger partial charge is 0.457 e. The zero-order chi connectivity index (χ0) is 25.4. The Morgan fingerprint density at radius 2 is 1.72 bits per heavy atom. The van der Waals surface area contributed by atoms with Gasteiger partial charge < -0.3 is 19.5 Å². The molecule has 2 amide bonds. The number of imidazole rings is 1. The van der Waals surface area contributed by atoms with Gasteiger partial charge in [-0.2, -0.15) is 0 Å². The SMILES string of the molecule is Cn1cnc2c1c(=O)n(CC(=O)NC1CC(=O)N(c3ccc(Oc4ccccc4)cc3)C1)c(=O)n2C. The number of ether oxygens (including phenoxy) is 1. The number of rotatable bonds is 6. The van der Waals surface area contributed by atoms with Crippen molar-refractivity contribution in [3.05, 3.63) is 81.8 Å². The number of amides is 2. The summed E-state index contributed by atoms with van der Waals surface area (Å²) >= 11 is 0. The predicted octanol–water partition coefficient (Wildman–Crippen LogP) is 1.15. The summed E-state index contributed by atoms with van der Waals surface area (Å²) in [6.45, 7) is -0.181. The van der Waals surface area contributed by atoms with Crippen LogP contribution in [0.2, 0.25) is 0 Å². The Kier molecular flexibility index (Phi) is 5.88. The normalized spacial score (nSPS) is 15.4. The van der Waals surface area contributed by atoms with Gasteiger partial charge in [-0.15, -0.1) is 0 Å². The first-order chi connectivity index (χ1) is 17.3. The van der Waals surface area contributed by atoms with Gasteiger partial charge in [-0.1, -0.05) is 18.2 Å². The summed E-state index contributed by atoms with van der Waals surface area (Å²) in [6.07, 6.45) is 1.55. The minimum Gasteiger partial charge on any atom is -0.457 e. The van der Waals surface area contributed by atoms with E-state index >= 15 is 0 Å². The van der Waals surface area contributed by atoms with Gasteiger partial charge in [0.15, 0.2) is 11.2 Å². The smallest absolute Gasteiger partial charge is 0.332 e. The first-order valence-electron chi connectivity index (χ1n) is 11.4. The highest BCUT2D eigenvalue weighted by Gasteiger charge is 2.32. The third-order valence-electron chi connectivity index (χ3n) is 6.12. The van der Waals surface area contributed by atoms with E-state index in [1.165, 1.54) is 22.5 Å². The fourth-order valence-electron chi connectivity index (χ4n) is 4.33. The molecule has 1 unspecified atom stereocenters. The number of carbonyl (C=O) groups is 2. The van der Waals surface area contributed by atoms with Crippen LogP contribution in [0.4, 0.5) is 5.69 Å². The molecule has 0 bridgehead atoms. The van der Waals surface area contributed by atoms with Crippen LogP contribution in [-0.2, 0) is 30.2 Å². The lowest BCUT2D eigenvalue weighted by molar-refractivity contribution is -0.122. The van der Waals surface area contributed by atoms with Crippen molar-refractivity contribution in [2.45, 2.75) is 19.0 Å². The van der Waals surface area contributed by atoms with E-state index in [-0.39, 0.29) is 30.0 Å². The molecule has 11 nitrogen and oxygen atoms in total. The van der Waals surface area contributed by atoms with Crippen molar-refractivity contribution in [3.8, 4) is 11.5 Å². The van der Waals surface area contributed by atoms with Crippen LogP contribution in [0.15, 0.2) is 70.5 Å². The molecule has 1 aliphatic rings. The second-order valence-electron chi connectivity index (χ2n) is 8.64. The Labute approximate surface area is 205 Å². The van der Waals surface area contributed by atoms with Crippen LogP contribution >= 0.6 is 0 Å². The fourth-order valence-corrected chi connectivity index (χ4v) is 4.33. The number of benzene rings is 2. The lowest BCUT2D eigenvalue weighted by Gasteiger charge is -2.18. The van der Waals surface area contributed by atoms with Gasteiger partial charge in [0.05, 0.1) is 12.4 Å². The van der Waals surface area contributed by atoms with Gasteiger partial charge in [0.2, 0.25) is 11.8 Å². The average molecular weight is 489 g/mol. The number of nitrogens with one attached hydrogen (secondary N) is 1. The Morgan fingerprint density at radius 3 is 2.44 bits per heavy atom. The molecule has 11 heteroatoms. The van der Waals surface area contributed by atoms with Crippen molar-refractivity contribution in [3.63, 3.8) is 0 Å². The van der Waals surface area contributed by atoms with E-state index < -0.39 is 29.7 Å². The molecule has 5 rings (SSSR count). The van der Waals surface area contributed by atoms with E-state index in [9.17, 15) is 19.2 Å². The van der Waals surface area contributed by atoms with E-state index in [1.54, 1.807) is 36.2 Å². The number of fused-ring (bicyclic) bond motifs is 1. The number of nitrogens with zero attached hydrogens (tertiary/aromatic N) is 5. The molecule has 0 aliphatic carbocycles. The van der Waals surface area contributed by atoms with E-state index in [1.807, 2.05) is 30.3 Å². The second kappa shape index (κ2) is 9.17. The monoisotopic (exact) mass is 488 g/mol. The Balaban J connectivity index is 1.25. The van der Waals surface area contributed by atoms with Gasteiger partial charge in [0.1, 0.15) is 18.0 Å². The molecule has 0 saturated carbocycles. The van der Waals surface area contributed by atoms with Gasteiger partial charge >= 0.3 is 5.69 Å². The summed E-state index contributed by atoms with van der Waals surface area (Å²) in [7, 11) is 3.14. The number of aryl methyl sites for hydroxylation is 2. The van der Waals surface area contributed by atoms with Crippen molar-refractivity contribution in [1.82, 2.24) is 24.0 Å². The maximum atomic E-state index is 12.8. The molecule has 2 aromatic carbocycles. The number of hydrogen-bond acceptors (Lipinski definition) is 6. The van der Waals surface area contributed by atoms with E-state index in [4.69, 9.17) is 4.74 Å². The highest BCUT2D eigenvalue weighted by Crippen LogP contribution is 2.27. The molecule has 1 atom stereocenters. The number of hydrogen-bond donors (Lipinski definition) is 1. The lowest BCUT2D eigenvalue weighted by atomic mass is 10.2. The van der Waals surface area contributed by atoms with Crippen LogP contribution < -0.4 is 26.2 Å². The van der Waals surface area contributed by atoms with Crippen molar-refractivity contribution in [2.24, 2.45) is 14.1 Å². The zero-order valence-electron chi connectivity index (χ0n) is 19.7. The maximum Gasteiger partial charge on any atom is 0.332 e. The molecule has 1 fully saturated rings. The molecule has 4 aromatic rings. The number of aromatic nitrogens is 4. The van der Waals surface area contributed by atoms with Crippen molar-refractivity contribution in [2.75, 3.05) is 11.4 Å². The topological polar surface area (TPSA) is 120 Å². The number of para-hydroxylation sites is 1. The van der Waals surface area contributed by atoms with Crippen LogP contribution in [-0.4, -0.2) is 43.1 Å². The first kappa shape index (κ1) is 23.1. The maximum absolute atomic E-state index is 12.8. The number of carbonyl (C=O) groups excluding carboxylic acids is 2. The summed E-state index contributed by atoms with van der Waals surface area (Å²) in [4.78, 5) is 56.5. The third kappa shape index (κ3) is 4.26. The van der Waals surface area contributed by atoms with Crippen LogP contribution in [0.5, 0.6) is 11.5 Å². The van der Waals surface area contributed by atoms with Gasteiger partial charge in [-0.3, -0.25) is 19.0 Å². The highest BCUT2D eigenvalue weighted by atomic mass is 16.5. The summed E-state index contributed by atoms with van der Waals surface area (Å²) in [5.74, 6) is 0.684. The van der Waals surface area contributed by atoms with Gasteiger partial charge in [-0.05, 0) is 36.4 Å². The quantitative estimate of drug-likeness (QED) is 0.435. The lowest BCUT2D eigenvalue weighted by Crippen LogP contribution is -2.46. The summed E-state index contributed by atoms with van der Waals surface area (Å²) in [6, 6.07) is 16.0. The Hall–Kier alpha value is -4.67. The minimum atomic E-state index is -0.636. The molecule has 36 heavy (non-hydrogen) atoms. The van der Waals surface area contributed by atoms with Crippen molar-refractivity contribution in [1.29, 1.82) is 0 Å². The standard InChI is InChI=1S/C25H24N6O5/c1-28-15-26-23-22(28)24(34)31(25(35)29(23)2)14-20(32)27-16-12-21(33)30(13-16)17-8-10-19(11-9-17)36-18-6-4-3-5-7-18/h3-11,15-16H,12-14H2,1-2H3,(H,27,32). The van der Waals surface area contributed by atoms with Crippen LogP contribution in [0, 0.1) is 0 Å². The first-order valence-corrected chi connectivity index (χ1v) is 11.4. The molecule has 0 spiro atoms. The molecule has 3 heterocycles. The Bertz CT molecular complexity index is 1570. The van der Waals surface area contributed by atoms with Crippen LogP contribution in [0.25, 0.3) is 11.2 Å². The molecule has 1 N–H and O–H groups in total. The van der Waals surface area contributed by atoms with Crippen LogP contribution in [0.3, 0.4) is 0 Å². The molecular formula is C25H24N6O5. The minimum absolute atomic E-state index is 0.113. The van der Waals surface area contributed by atoms with Crippen LogP contribution in [0.1, 0.15) is 6.42 Å². The molecule has 1 saturated heterocycles.